The molecule has 2 aromatic rings. The van der Waals surface area contributed by atoms with E-state index in [0.29, 0.717) is 16.9 Å². The second kappa shape index (κ2) is 5.59. The van der Waals surface area contributed by atoms with Crippen molar-refractivity contribution in [1.82, 2.24) is 0 Å². The van der Waals surface area contributed by atoms with Crippen LogP contribution in [0.1, 0.15) is 18.1 Å². The van der Waals surface area contributed by atoms with Gasteiger partial charge in [0, 0.05) is 12.5 Å². The summed E-state index contributed by atoms with van der Waals surface area (Å²) in [7, 11) is 1.56. The molecule has 106 valence electrons. The highest BCUT2D eigenvalue weighted by atomic mass is 19.1. The zero-order chi connectivity index (χ0) is 14.8. The van der Waals surface area contributed by atoms with Crippen molar-refractivity contribution in [1.29, 1.82) is 0 Å². The number of hydrogen-bond acceptors (Lipinski definition) is 2. The van der Waals surface area contributed by atoms with Crippen molar-refractivity contribution in [3.63, 3.8) is 0 Å². The van der Waals surface area contributed by atoms with Gasteiger partial charge in [0.25, 0.3) is 0 Å². The predicted molar refractivity (Wildman–Crippen MR) is 72.6 cm³/mol. The lowest BCUT2D eigenvalue weighted by molar-refractivity contribution is 0.0574. The molecule has 0 saturated carbocycles. The standard InChI is InChI=1S/C16H16F2O2/c1-16(19,12-3-5-15(20-2)6-4-12)10-11-7-13(17)9-14(18)8-11/h3-9,19H,10H2,1-2H3. The van der Waals surface area contributed by atoms with Gasteiger partial charge < -0.3 is 9.84 Å². The number of methoxy groups -OCH3 is 1. The summed E-state index contributed by atoms with van der Waals surface area (Å²) in [4.78, 5) is 0. The molecule has 0 aromatic heterocycles. The summed E-state index contributed by atoms with van der Waals surface area (Å²) in [5.41, 5.74) is -0.154. The van der Waals surface area contributed by atoms with Gasteiger partial charge in [-0.2, -0.15) is 0 Å². The summed E-state index contributed by atoms with van der Waals surface area (Å²) in [6, 6.07) is 10.2. The quantitative estimate of drug-likeness (QED) is 0.928. The first-order chi connectivity index (χ1) is 9.40. The molecular weight excluding hydrogens is 262 g/mol. The molecule has 1 N–H and O–H groups in total. The Hall–Kier alpha value is -1.94. The molecule has 1 unspecified atom stereocenters. The van der Waals surface area contributed by atoms with Gasteiger partial charge in [0.15, 0.2) is 0 Å². The number of ether oxygens (including phenoxy) is 1. The largest absolute Gasteiger partial charge is 0.497 e. The number of benzene rings is 2. The molecule has 0 bridgehead atoms. The van der Waals surface area contributed by atoms with Crippen molar-refractivity contribution >= 4 is 0 Å². The number of rotatable bonds is 4. The lowest BCUT2D eigenvalue weighted by Gasteiger charge is -2.24. The van der Waals surface area contributed by atoms with Crippen molar-refractivity contribution in [2.45, 2.75) is 18.9 Å². The lowest BCUT2D eigenvalue weighted by atomic mass is 9.89. The second-order valence-electron chi connectivity index (χ2n) is 4.96. The molecule has 0 radical (unpaired) electrons. The van der Waals surface area contributed by atoms with Crippen molar-refractivity contribution in [3.8, 4) is 5.75 Å². The highest BCUT2D eigenvalue weighted by molar-refractivity contribution is 5.32. The van der Waals surface area contributed by atoms with E-state index >= 15 is 0 Å². The Morgan fingerprint density at radius 1 is 1.05 bits per heavy atom. The van der Waals surface area contributed by atoms with Crippen LogP contribution in [0.5, 0.6) is 5.75 Å². The van der Waals surface area contributed by atoms with E-state index in [9.17, 15) is 13.9 Å². The van der Waals surface area contributed by atoms with E-state index in [1.807, 2.05) is 0 Å². The maximum Gasteiger partial charge on any atom is 0.126 e. The minimum absolute atomic E-state index is 0.119. The molecule has 0 spiro atoms. The summed E-state index contributed by atoms with van der Waals surface area (Å²) in [6.07, 6.45) is 0.119. The van der Waals surface area contributed by atoms with Crippen LogP contribution in [0.25, 0.3) is 0 Å². The summed E-state index contributed by atoms with van der Waals surface area (Å²) in [5, 5.41) is 10.5. The van der Waals surface area contributed by atoms with Crippen LogP contribution in [0.15, 0.2) is 42.5 Å². The van der Waals surface area contributed by atoms with Gasteiger partial charge in [0.2, 0.25) is 0 Å². The molecule has 4 heteroatoms. The van der Waals surface area contributed by atoms with E-state index in [1.54, 1.807) is 38.3 Å². The van der Waals surface area contributed by atoms with Crippen LogP contribution in [-0.2, 0) is 12.0 Å². The van der Waals surface area contributed by atoms with E-state index < -0.39 is 17.2 Å². The fraction of sp³-hybridized carbons (Fsp3) is 0.250. The van der Waals surface area contributed by atoms with Crippen LogP contribution < -0.4 is 4.74 Å². The zero-order valence-corrected chi connectivity index (χ0v) is 11.4. The second-order valence-corrected chi connectivity index (χ2v) is 4.96. The first-order valence-corrected chi connectivity index (χ1v) is 6.22. The normalized spacial score (nSPS) is 13.8. The van der Waals surface area contributed by atoms with Gasteiger partial charge in [0.05, 0.1) is 12.7 Å². The molecule has 0 heterocycles. The van der Waals surface area contributed by atoms with Gasteiger partial charge >= 0.3 is 0 Å². The Morgan fingerprint density at radius 3 is 2.10 bits per heavy atom. The van der Waals surface area contributed by atoms with E-state index in [-0.39, 0.29) is 6.42 Å². The number of aliphatic hydroxyl groups is 1. The zero-order valence-electron chi connectivity index (χ0n) is 11.4. The van der Waals surface area contributed by atoms with Gasteiger partial charge in [-0.15, -0.1) is 0 Å². The minimum Gasteiger partial charge on any atom is -0.497 e. The van der Waals surface area contributed by atoms with Gasteiger partial charge in [-0.25, -0.2) is 8.78 Å². The monoisotopic (exact) mass is 278 g/mol. The lowest BCUT2D eigenvalue weighted by Crippen LogP contribution is -2.24. The smallest absolute Gasteiger partial charge is 0.126 e. The van der Waals surface area contributed by atoms with E-state index in [1.165, 1.54) is 12.1 Å². The Labute approximate surface area is 116 Å². The SMILES string of the molecule is COc1ccc(C(C)(O)Cc2cc(F)cc(F)c2)cc1. The first kappa shape index (κ1) is 14.5. The van der Waals surface area contributed by atoms with Crippen molar-refractivity contribution in [2.24, 2.45) is 0 Å². The average molecular weight is 278 g/mol. The van der Waals surface area contributed by atoms with Crippen LogP contribution in [0.2, 0.25) is 0 Å². The van der Waals surface area contributed by atoms with Gasteiger partial charge in [0.1, 0.15) is 17.4 Å². The number of hydrogen-bond donors (Lipinski definition) is 1. The highest BCUT2D eigenvalue weighted by Crippen LogP contribution is 2.27. The fourth-order valence-electron chi connectivity index (χ4n) is 2.16. The van der Waals surface area contributed by atoms with Crippen molar-refractivity contribution in [2.75, 3.05) is 7.11 Å². The topological polar surface area (TPSA) is 29.5 Å². The van der Waals surface area contributed by atoms with Gasteiger partial charge in [-0.1, -0.05) is 12.1 Å². The Balaban J connectivity index is 2.24. The number of halogens is 2. The maximum atomic E-state index is 13.2. The summed E-state index contributed by atoms with van der Waals surface area (Å²) in [5.74, 6) is -0.614. The molecule has 20 heavy (non-hydrogen) atoms. The predicted octanol–water partition coefficient (Wildman–Crippen LogP) is 3.42. The molecule has 2 nitrogen and oxygen atoms in total. The van der Waals surface area contributed by atoms with Gasteiger partial charge in [-0.05, 0) is 42.3 Å². The van der Waals surface area contributed by atoms with E-state index in [0.717, 1.165) is 6.07 Å². The van der Waals surface area contributed by atoms with Crippen LogP contribution in [0.3, 0.4) is 0 Å². The molecule has 0 aliphatic heterocycles. The van der Waals surface area contributed by atoms with Crippen LogP contribution >= 0.6 is 0 Å². The van der Waals surface area contributed by atoms with Crippen molar-refractivity contribution < 1.29 is 18.6 Å². The Morgan fingerprint density at radius 2 is 1.60 bits per heavy atom. The molecule has 0 aliphatic carbocycles. The Bertz CT molecular complexity index is 572. The van der Waals surface area contributed by atoms with E-state index in [4.69, 9.17) is 4.74 Å². The van der Waals surface area contributed by atoms with Gasteiger partial charge in [-0.3, -0.25) is 0 Å². The fourth-order valence-corrected chi connectivity index (χ4v) is 2.16. The van der Waals surface area contributed by atoms with E-state index in [2.05, 4.69) is 0 Å². The molecule has 2 rings (SSSR count). The molecule has 2 aromatic carbocycles. The van der Waals surface area contributed by atoms with Crippen molar-refractivity contribution in [3.05, 3.63) is 65.2 Å². The third kappa shape index (κ3) is 3.33. The molecular formula is C16H16F2O2. The summed E-state index contributed by atoms with van der Waals surface area (Å²) >= 11 is 0. The third-order valence-corrected chi connectivity index (χ3v) is 3.18. The summed E-state index contributed by atoms with van der Waals surface area (Å²) < 4.78 is 31.4. The van der Waals surface area contributed by atoms with Crippen LogP contribution in [0, 0.1) is 11.6 Å². The molecule has 0 fully saturated rings. The Kier molecular flexibility index (Phi) is 4.04. The minimum atomic E-state index is -1.22. The molecule has 0 amide bonds. The molecule has 1 atom stereocenters. The summed E-state index contributed by atoms with van der Waals surface area (Å²) in [6.45, 7) is 1.61. The molecule has 0 aliphatic rings. The van der Waals surface area contributed by atoms with Crippen LogP contribution in [-0.4, -0.2) is 12.2 Å². The average Bonchev–Trinajstić information content (AvgIpc) is 2.37. The van der Waals surface area contributed by atoms with Crippen LogP contribution in [0.4, 0.5) is 8.78 Å². The maximum absolute atomic E-state index is 13.2. The first-order valence-electron chi connectivity index (χ1n) is 6.22. The third-order valence-electron chi connectivity index (χ3n) is 3.18. The molecule has 0 saturated heterocycles. The highest BCUT2D eigenvalue weighted by Gasteiger charge is 2.24.